The molecule has 0 radical (unpaired) electrons. The van der Waals surface area contributed by atoms with Crippen LogP contribution in [0.4, 0.5) is 0 Å². The van der Waals surface area contributed by atoms with E-state index >= 15 is 0 Å². The summed E-state index contributed by atoms with van der Waals surface area (Å²) in [5, 5.41) is 6.84. The van der Waals surface area contributed by atoms with Crippen molar-refractivity contribution < 1.29 is 0 Å². The van der Waals surface area contributed by atoms with Gasteiger partial charge in [-0.1, -0.05) is 37.3 Å². The van der Waals surface area contributed by atoms with Crippen LogP contribution in [-0.2, 0) is 0 Å². The van der Waals surface area contributed by atoms with Crippen molar-refractivity contribution in [2.24, 2.45) is 0 Å². The average Bonchev–Trinajstić information content (AvgIpc) is 2.30. The van der Waals surface area contributed by atoms with Gasteiger partial charge in [0.2, 0.25) is 0 Å². The third-order valence-electron chi connectivity index (χ3n) is 2.53. The van der Waals surface area contributed by atoms with Crippen LogP contribution in [0.25, 0.3) is 0 Å². The van der Waals surface area contributed by atoms with E-state index in [-0.39, 0.29) is 0 Å². The van der Waals surface area contributed by atoms with Crippen LogP contribution in [0.3, 0.4) is 0 Å². The minimum Gasteiger partial charge on any atom is -0.317 e. The van der Waals surface area contributed by atoms with Gasteiger partial charge in [0.25, 0.3) is 0 Å². The highest BCUT2D eigenvalue weighted by Crippen LogP contribution is 2.10. The van der Waals surface area contributed by atoms with Gasteiger partial charge in [-0.05, 0) is 38.5 Å². The van der Waals surface area contributed by atoms with Gasteiger partial charge < -0.3 is 10.6 Å². The molecular weight excluding hydrogens is 184 g/mol. The highest BCUT2D eigenvalue weighted by Gasteiger charge is 2.01. The molecule has 0 aliphatic carbocycles. The molecule has 0 saturated heterocycles. The van der Waals surface area contributed by atoms with Gasteiger partial charge in [0.05, 0.1) is 0 Å². The summed E-state index contributed by atoms with van der Waals surface area (Å²) in [6, 6.07) is 11.0. The monoisotopic (exact) mass is 206 g/mol. The summed E-state index contributed by atoms with van der Waals surface area (Å²) in [6.45, 7) is 7.59. The molecule has 0 aromatic heterocycles. The number of rotatable bonds is 7. The summed E-state index contributed by atoms with van der Waals surface area (Å²) in [5.74, 6) is 0. The van der Waals surface area contributed by atoms with E-state index in [1.54, 1.807) is 0 Å². The Hall–Kier alpha value is -0.860. The Morgan fingerprint density at radius 1 is 1.13 bits per heavy atom. The Bertz CT molecular complexity index is 246. The molecule has 0 heterocycles. The van der Waals surface area contributed by atoms with Crippen LogP contribution in [0.2, 0.25) is 0 Å². The summed E-state index contributed by atoms with van der Waals surface area (Å²) >= 11 is 0. The topological polar surface area (TPSA) is 24.1 Å². The molecule has 0 bridgehead atoms. The highest BCUT2D eigenvalue weighted by molar-refractivity contribution is 5.17. The summed E-state index contributed by atoms with van der Waals surface area (Å²) in [4.78, 5) is 0. The SMILES string of the molecule is CCNCCCN[C@H](C)c1ccccc1. The molecule has 0 saturated carbocycles. The molecule has 0 unspecified atom stereocenters. The molecule has 2 N–H and O–H groups in total. The molecule has 1 rings (SSSR count). The zero-order valence-corrected chi connectivity index (χ0v) is 9.79. The van der Waals surface area contributed by atoms with Crippen molar-refractivity contribution in [1.29, 1.82) is 0 Å². The van der Waals surface area contributed by atoms with Crippen LogP contribution >= 0.6 is 0 Å². The molecule has 0 spiro atoms. The summed E-state index contributed by atoms with van der Waals surface area (Å²) in [6.07, 6.45) is 1.19. The van der Waals surface area contributed by atoms with E-state index in [0.29, 0.717) is 6.04 Å². The van der Waals surface area contributed by atoms with Gasteiger partial charge in [-0.15, -0.1) is 0 Å². The fourth-order valence-electron chi connectivity index (χ4n) is 1.57. The molecule has 0 aliphatic rings. The minimum atomic E-state index is 0.452. The van der Waals surface area contributed by atoms with Crippen molar-refractivity contribution >= 4 is 0 Å². The largest absolute Gasteiger partial charge is 0.317 e. The maximum Gasteiger partial charge on any atom is 0.0291 e. The zero-order valence-electron chi connectivity index (χ0n) is 9.79. The smallest absolute Gasteiger partial charge is 0.0291 e. The predicted octanol–water partition coefficient (Wildman–Crippen LogP) is 2.34. The number of hydrogen-bond donors (Lipinski definition) is 2. The van der Waals surface area contributed by atoms with Gasteiger partial charge >= 0.3 is 0 Å². The van der Waals surface area contributed by atoms with E-state index in [1.165, 1.54) is 12.0 Å². The molecule has 1 aromatic rings. The van der Waals surface area contributed by atoms with E-state index in [1.807, 2.05) is 0 Å². The van der Waals surface area contributed by atoms with Gasteiger partial charge in [-0.2, -0.15) is 0 Å². The van der Waals surface area contributed by atoms with Crippen LogP contribution in [0, 0.1) is 0 Å². The summed E-state index contributed by atoms with van der Waals surface area (Å²) < 4.78 is 0. The van der Waals surface area contributed by atoms with Crippen LogP contribution < -0.4 is 10.6 Å². The highest BCUT2D eigenvalue weighted by atomic mass is 14.9. The third-order valence-corrected chi connectivity index (χ3v) is 2.53. The van der Waals surface area contributed by atoms with Crippen LogP contribution in [-0.4, -0.2) is 19.6 Å². The third kappa shape index (κ3) is 4.96. The van der Waals surface area contributed by atoms with Crippen molar-refractivity contribution in [1.82, 2.24) is 10.6 Å². The first-order valence-corrected chi connectivity index (χ1v) is 5.83. The van der Waals surface area contributed by atoms with Crippen molar-refractivity contribution in [3.63, 3.8) is 0 Å². The Morgan fingerprint density at radius 2 is 1.87 bits per heavy atom. The van der Waals surface area contributed by atoms with Crippen molar-refractivity contribution in [2.45, 2.75) is 26.3 Å². The Balaban J connectivity index is 2.16. The van der Waals surface area contributed by atoms with Gasteiger partial charge in [-0.25, -0.2) is 0 Å². The predicted molar refractivity (Wildman–Crippen MR) is 66.0 cm³/mol. The molecule has 2 nitrogen and oxygen atoms in total. The second-order valence-corrected chi connectivity index (χ2v) is 3.79. The fourth-order valence-corrected chi connectivity index (χ4v) is 1.57. The zero-order chi connectivity index (χ0) is 10.9. The van der Waals surface area contributed by atoms with E-state index < -0.39 is 0 Å². The van der Waals surface area contributed by atoms with Crippen LogP contribution in [0.1, 0.15) is 31.9 Å². The molecule has 15 heavy (non-hydrogen) atoms. The number of hydrogen-bond acceptors (Lipinski definition) is 2. The summed E-state index contributed by atoms with van der Waals surface area (Å²) in [5.41, 5.74) is 1.36. The minimum absolute atomic E-state index is 0.452. The first-order valence-electron chi connectivity index (χ1n) is 5.83. The molecule has 0 aliphatic heterocycles. The maximum atomic E-state index is 3.52. The molecule has 1 atom stereocenters. The quantitative estimate of drug-likeness (QED) is 0.669. The molecule has 84 valence electrons. The molecule has 0 amide bonds. The lowest BCUT2D eigenvalue weighted by atomic mass is 10.1. The van der Waals surface area contributed by atoms with Crippen molar-refractivity contribution in [3.8, 4) is 0 Å². The normalized spacial score (nSPS) is 12.7. The summed E-state index contributed by atoms with van der Waals surface area (Å²) in [7, 11) is 0. The molecule has 1 aromatic carbocycles. The Labute approximate surface area is 93.1 Å². The first kappa shape index (κ1) is 12.2. The van der Waals surface area contributed by atoms with E-state index in [9.17, 15) is 0 Å². The lowest BCUT2D eigenvalue weighted by Gasteiger charge is -2.13. The molecule has 0 fully saturated rings. The first-order chi connectivity index (χ1) is 7.34. The Morgan fingerprint density at radius 3 is 2.53 bits per heavy atom. The average molecular weight is 206 g/mol. The fraction of sp³-hybridized carbons (Fsp3) is 0.538. The standard InChI is InChI=1S/C13H22N2/c1-3-14-10-7-11-15-12(2)13-8-5-4-6-9-13/h4-6,8-9,12,14-15H,3,7,10-11H2,1-2H3/t12-/m1/s1. The van der Waals surface area contributed by atoms with Crippen LogP contribution in [0.5, 0.6) is 0 Å². The van der Waals surface area contributed by atoms with Gasteiger partial charge in [-0.3, -0.25) is 0 Å². The van der Waals surface area contributed by atoms with Gasteiger partial charge in [0.1, 0.15) is 0 Å². The second-order valence-electron chi connectivity index (χ2n) is 3.79. The number of benzene rings is 1. The second kappa shape index (κ2) is 7.43. The Kier molecular flexibility index (Phi) is 6.05. The van der Waals surface area contributed by atoms with E-state index in [4.69, 9.17) is 0 Å². The van der Waals surface area contributed by atoms with Crippen molar-refractivity contribution in [3.05, 3.63) is 35.9 Å². The van der Waals surface area contributed by atoms with Crippen molar-refractivity contribution in [2.75, 3.05) is 19.6 Å². The molecular formula is C13H22N2. The number of nitrogens with one attached hydrogen (secondary N) is 2. The molecule has 2 heteroatoms. The van der Waals surface area contributed by atoms with E-state index in [2.05, 4.69) is 54.8 Å². The maximum absolute atomic E-state index is 3.52. The van der Waals surface area contributed by atoms with Gasteiger partial charge in [0.15, 0.2) is 0 Å². The lowest BCUT2D eigenvalue weighted by molar-refractivity contribution is 0.542. The van der Waals surface area contributed by atoms with Crippen LogP contribution in [0.15, 0.2) is 30.3 Å². The lowest BCUT2D eigenvalue weighted by Crippen LogP contribution is -2.24. The van der Waals surface area contributed by atoms with Gasteiger partial charge in [0, 0.05) is 6.04 Å². The van der Waals surface area contributed by atoms with E-state index in [0.717, 1.165) is 19.6 Å².